The summed E-state index contributed by atoms with van der Waals surface area (Å²) in [5.74, 6) is 0.689. The summed E-state index contributed by atoms with van der Waals surface area (Å²) in [5, 5.41) is 4.94. The molecule has 2 heterocycles. The summed E-state index contributed by atoms with van der Waals surface area (Å²) in [6.45, 7) is 8.24. The number of hydrogen-bond donors (Lipinski definition) is 1. The van der Waals surface area contributed by atoms with Gasteiger partial charge in [-0.3, -0.25) is 14.5 Å². The first-order valence-corrected chi connectivity index (χ1v) is 10.8. The molecule has 0 radical (unpaired) electrons. The molecule has 0 spiro atoms. The van der Waals surface area contributed by atoms with E-state index in [-0.39, 0.29) is 11.8 Å². The predicted molar refractivity (Wildman–Crippen MR) is 114 cm³/mol. The molecule has 28 heavy (non-hydrogen) atoms. The SMILES string of the molecule is CC(C)c1ccc(CCNC(=O)CN2CCN(C(=O)c3cccs3)CC2)cc1. The minimum absolute atomic E-state index is 0.0526. The van der Waals surface area contributed by atoms with Crippen LogP contribution in [0.3, 0.4) is 0 Å². The Labute approximate surface area is 171 Å². The number of rotatable bonds is 7. The van der Waals surface area contributed by atoms with Crippen LogP contribution in [0.2, 0.25) is 0 Å². The van der Waals surface area contributed by atoms with Crippen molar-refractivity contribution in [1.29, 1.82) is 0 Å². The molecule has 6 heteroatoms. The van der Waals surface area contributed by atoms with Crippen LogP contribution in [-0.4, -0.2) is 60.9 Å². The van der Waals surface area contributed by atoms with Gasteiger partial charge < -0.3 is 10.2 Å². The molecule has 1 aliphatic heterocycles. The van der Waals surface area contributed by atoms with Crippen molar-refractivity contribution < 1.29 is 9.59 Å². The zero-order valence-electron chi connectivity index (χ0n) is 16.7. The minimum Gasteiger partial charge on any atom is -0.355 e. The van der Waals surface area contributed by atoms with Gasteiger partial charge in [0, 0.05) is 32.7 Å². The smallest absolute Gasteiger partial charge is 0.264 e. The lowest BCUT2D eigenvalue weighted by Crippen LogP contribution is -2.51. The van der Waals surface area contributed by atoms with Crippen LogP contribution in [0.5, 0.6) is 0 Å². The summed E-state index contributed by atoms with van der Waals surface area (Å²) in [7, 11) is 0. The first-order chi connectivity index (χ1) is 13.5. The first-order valence-electron chi connectivity index (χ1n) is 9.93. The molecule has 2 amide bonds. The molecule has 1 aromatic carbocycles. The van der Waals surface area contributed by atoms with Gasteiger partial charge in [0.05, 0.1) is 11.4 Å². The van der Waals surface area contributed by atoms with Gasteiger partial charge in [-0.2, -0.15) is 0 Å². The zero-order valence-corrected chi connectivity index (χ0v) is 17.5. The van der Waals surface area contributed by atoms with Crippen LogP contribution in [0.15, 0.2) is 41.8 Å². The lowest BCUT2D eigenvalue weighted by Gasteiger charge is -2.34. The predicted octanol–water partition coefficient (Wildman–Crippen LogP) is 2.99. The van der Waals surface area contributed by atoms with Crippen LogP contribution in [0, 0.1) is 0 Å². The fourth-order valence-corrected chi connectivity index (χ4v) is 4.03. The molecule has 1 aromatic heterocycles. The third kappa shape index (κ3) is 5.66. The Hall–Kier alpha value is -2.18. The van der Waals surface area contributed by atoms with Crippen molar-refractivity contribution in [2.24, 2.45) is 0 Å². The lowest BCUT2D eigenvalue weighted by atomic mass is 10.0. The standard InChI is InChI=1S/C22H29N3O2S/c1-17(2)19-7-5-18(6-8-19)9-10-23-21(26)16-24-11-13-25(14-12-24)22(27)20-4-3-15-28-20/h3-8,15,17H,9-14,16H2,1-2H3,(H,23,26). The van der Waals surface area contributed by atoms with Crippen molar-refractivity contribution in [2.75, 3.05) is 39.3 Å². The number of nitrogens with one attached hydrogen (secondary N) is 1. The Morgan fingerprint density at radius 2 is 1.79 bits per heavy atom. The van der Waals surface area contributed by atoms with E-state index < -0.39 is 0 Å². The molecule has 1 saturated heterocycles. The summed E-state index contributed by atoms with van der Waals surface area (Å²) in [6, 6.07) is 12.4. The average Bonchev–Trinajstić information content (AvgIpc) is 3.23. The second kappa shape index (κ2) is 9.85. The number of carbonyl (C=O) groups is 2. The van der Waals surface area contributed by atoms with Crippen molar-refractivity contribution in [3.63, 3.8) is 0 Å². The summed E-state index contributed by atoms with van der Waals surface area (Å²) in [6.07, 6.45) is 0.840. The number of benzene rings is 1. The number of hydrogen-bond acceptors (Lipinski definition) is 4. The van der Waals surface area contributed by atoms with Crippen LogP contribution in [0.4, 0.5) is 0 Å². The van der Waals surface area contributed by atoms with Gasteiger partial charge in [-0.25, -0.2) is 0 Å². The number of piperazine rings is 1. The van der Waals surface area contributed by atoms with Gasteiger partial charge in [0.25, 0.3) is 5.91 Å². The minimum atomic E-state index is 0.0526. The van der Waals surface area contributed by atoms with Gasteiger partial charge in [-0.15, -0.1) is 11.3 Å². The maximum Gasteiger partial charge on any atom is 0.264 e. The number of amides is 2. The van der Waals surface area contributed by atoms with Crippen molar-refractivity contribution in [2.45, 2.75) is 26.2 Å². The van der Waals surface area contributed by atoms with Crippen LogP contribution in [0.1, 0.15) is 40.6 Å². The third-order valence-electron chi connectivity index (χ3n) is 5.14. The molecule has 5 nitrogen and oxygen atoms in total. The fraction of sp³-hybridized carbons (Fsp3) is 0.455. The lowest BCUT2D eigenvalue weighted by molar-refractivity contribution is -0.122. The molecule has 0 unspecified atom stereocenters. The first kappa shape index (κ1) is 20.6. The summed E-state index contributed by atoms with van der Waals surface area (Å²) in [5.41, 5.74) is 2.58. The van der Waals surface area contributed by atoms with Gasteiger partial charge in [-0.05, 0) is 34.9 Å². The van der Waals surface area contributed by atoms with Crippen LogP contribution in [-0.2, 0) is 11.2 Å². The number of thiophene rings is 1. The van der Waals surface area contributed by atoms with Crippen molar-refractivity contribution in [3.8, 4) is 0 Å². The van der Waals surface area contributed by atoms with Gasteiger partial charge in [-0.1, -0.05) is 44.2 Å². The van der Waals surface area contributed by atoms with Crippen LogP contribution >= 0.6 is 11.3 Å². The highest BCUT2D eigenvalue weighted by atomic mass is 32.1. The van der Waals surface area contributed by atoms with Crippen molar-refractivity contribution in [3.05, 3.63) is 57.8 Å². The molecule has 0 saturated carbocycles. The topological polar surface area (TPSA) is 52.7 Å². The maximum absolute atomic E-state index is 12.4. The third-order valence-corrected chi connectivity index (χ3v) is 6.00. The van der Waals surface area contributed by atoms with Crippen LogP contribution in [0.25, 0.3) is 0 Å². The second-order valence-electron chi connectivity index (χ2n) is 7.54. The Kier molecular flexibility index (Phi) is 7.23. The van der Waals surface area contributed by atoms with Gasteiger partial charge in [0.1, 0.15) is 0 Å². The van der Waals surface area contributed by atoms with E-state index in [1.165, 1.54) is 22.5 Å². The molecule has 1 aliphatic rings. The largest absolute Gasteiger partial charge is 0.355 e. The van der Waals surface area contributed by atoms with Crippen molar-refractivity contribution >= 4 is 23.2 Å². The molecular weight excluding hydrogens is 370 g/mol. The van der Waals surface area contributed by atoms with Gasteiger partial charge in [0.2, 0.25) is 5.91 Å². The normalized spacial score (nSPS) is 15.0. The van der Waals surface area contributed by atoms with E-state index in [1.807, 2.05) is 22.4 Å². The maximum atomic E-state index is 12.4. The Morgan fingerprint density at radius 1 is 1.07 bits per heavy atom. The van der Waals surface area contributed by atoms with Crippen LogP contribution < -0.4 is 5.32 Å². The summed E-state index contributed by atoms with van der Waals surface area (Å²) < 4.78 is 0. The number of nitrogens with zero attached hydrogens (tertiary/aromatic N) is 2. The highest BCUT2D eigenvalue weighted by Gasteiger charge is 2.23. The monoisotopic (exact) mass is 399 g/mol. The molecule has 1 fully saturated rings. The molecule has 0 atom stereocenters. The van der Waals surface area contributed by atoms with E-state index in [0.717, 1.165) is 24.4 Å². The molecule has 3 rings (SSSR count). The summed E-state index contributed by atoms with van der Waals surface area (Å²) >= 11 is 1.48. The van der Waals surface area contributed by atoms with E-state index in [1.54, 1.807) is 0 Å². The molecule has 2 aromatic rings. The average molecular weight is 400 g/mol. The van der Waals surface area contributed by atoms with Gasteiger partial charge in [0.15, 0.2) is 0 Å². The van der Waals surface area contributed by atoms with E-state index in [0.29, 0.717) is 32.1 Å². The highest BCUT2D eigenvalue weighted by Crippen LogP contribution is 2.15. The van der Waals surface area contributed by atoms with E-state index in [4.69, 9.17) is 0 Å². The summed E-state index contributed by atoms with van der Waals surface area (Å²) in [4.78, 5) is 29.4. The second-order valence-corrected chi connectivity index (χ2v) is 8.49. The van der Waals surface area contributed by atoms with E-state index in [2.05, 4.69) is 48.3 Å². The molecule has 0 bridgehead atoms. The Balaban J connectivity index is 1.35. The highest BCUT2D eigenvalue weighted by molar-refractivity contribution is 7.12. The zero-order chi connectivity index (χ0) is 19.9. The van der Waals surface area contributed by atoms with Gasteiger partial charge >= 0.3 is 0 Å². The van der Waals surface area contributed by atoms with E-state index >= 15 is 0 Å². The molecule has 1 N–H and O–H groups in total. The van der Waals surface area contributed by atoms with Crippen molar-refractivity contribution in [1.82, 2.24) is 15.1 Å². The molecule has 150 valence electrons. The molecular formula is C22H29N3O2S. The fourth-order valence-electron chi connectivity index (χ4n) is 3.34. The molecule has 0 aliphatic carbocycles. The Bertz CT molecular complexity index is 764. The Morgan fingerprint density at radius 3 is 2.39 bits per heavy atom. The number of carbonyl (C=O) groups excluding carboxylic acids is 2. The quantitative estimate of drug-likeness (QED) is 0.779. The van der Waals surface area contributed by atoms with E-state index in [9.17, 15) is 9.59 Å².